The molecule has 1 aliphatic rings. The van der Waals surface area contributed by atoms with E-state index in [0.29, 0.717) is 0 Å². The Labute approximate surface area is 161 Å². The van der Waals surface area contributed by atoms with E-state index in [9.17, 15) is 9.59 Å². The van der Waals surface area contributed by atoms with Gasteiger partial charge in [-0.1, -0.05) is 32.1 Å². The molecule has 0 radical (unpaired) electrons. The molecule has 7 heteroatoms. The smallest absolute Gasteiger partial charge is 0.435 e. The van der Waals surface area contributed by atoms with Crippen LogP contribution in [0.4, 0.5) is 9.59 Å². The van der Waals surface area contributed by atoms with Gasteiger partial charge in [0.25, 0.3) is 0 Å². The molecule has 152 valence electrons. The van der Waals surface area contributed by atoms with Crippen LogP contribution >= 0.6 is 0 Å². The van der Waals surface area contributed by atoms with Crippen molar-refractivity contribution in [3.05, 3.63) is 12.2 Å². The molecular formula is C20H30O7. The molecular weight excluding hydrogens is 352 g/mol. The molecule has 0 aromatic heterocycles. The fourth-order valence-corrected chi connectivity index (χ4v) is 2.36. The lowest BCUT2D eigenvalue weighted by Crippen LogP contribution is -2.41. The maximum atomic E-state index is 11.6. The average molecular weight is 382 g/mol. The van der Waals surface area contributed by atoms with E-state index in [1.165, 1.54) is 12.8 Å². The highest BCUT2D eigenvalue weighted by molar-refractivity contribution is 5.61. The summed E-state index contributed by atoms with van der Waals surface area (Å²) in [4.78, 5) is 23.0. The summed E-state index contributed by atoms with van der Waals surface area (Å²) in [6.07, 6.45) is 5.34. The molecule has 0 bridgehead atoms. The summed E-state index contributed by atoms with van der Waals surface area (Å²) >= 11 is 0. The lowest BCUT2D eigenvalue weighted by molar-refractivity contribution is -0.0865. The van der Waals surface area contributed by atoms with Gasteiger partial charge in [-0.2, -0.15) is 0 Å². The summed E-state index contributed by atoms with van der Waals surface area (Å²) in [5, 5.41) is 0. The van der Waals surface area contributed by atoms with Crippen LogP contribution in [0.25, 0.3) is 0 Å². The molecule has 1 heterocycles. The highest BCUT2D eigenvalue weighted by atomic mass is 16.7. The van der Waals surface area contributed by atoms with E-state index in [1.54, 1.807) is 26.0 Å². The van der Waals surface area contributed by atoms with Crippen LogP contribution < -0.4 is 0 Å². The molecule has 1 aliphatic heterocycles. The molecule has 0 saturated heterocycles. The molecule has 0 N–H and O–H groups in total. The van der Waals surface area contributed by atoms with E-state index in [4.69, 9.17) is 23.7 Å². The van der Waals surface area contributed by atoms with E-state index in [-0.39, 0.29) is 19.8 Å². The molecule has 0 fully saturated rings. The van der Waals surface area contributed by atoms with Gasteiger partial charge < -0.3 is 23.7 Å². The van der Waals surface area contributed by atoms with Gasteiger partial charge in [0, 0.05) is 6.42 Å². The molecule has 0 spiro atoms. The Balaban J connectivity index is 2.62. The van der Waals surface area contributed by atoms with E-state index in [1.807, 2.05) is 0 Å². The summed E-state index contributed by atoms with van der Waals surface area (Å²) in [5.41, 5.74) is 0. The van der Waals surface area contributed by atoms with Crippen LogP contribution in [0.15, 0.2) is 12.2 Å². The Morgan fingerprint density at radius 2 is 1.70 bits per heavy atom. The Morgan fingerprint density at radius 3 is 2.41 bits per heavy atom. The number of ether oxygens (including phenoxy) is 5. The van der Waals surface area contributed by atoms with E-state index in [0.717, 1.165) is 19.3 Å². The van der Waals surface area contributed by atoms with Crippen LogP contribution in [0.5, 0.6) is 0 Å². The van der Waals surface area contributed by atoms with Gasteiger partial charge in [0.05, 0.1) is 13.2 Å². The van der Waals surface area contributed by atoms with Crippen molar-refractivity contribution in [3.8, 4) is 11.8 Å². The summed E-state index contributed by atoms with van der Waals surface area (Å²) in [6, 6.07) is 0. The van der Waals surface area contributed by atoms with Crippen LogP contribution in [-0.2, 0) is 23.7 Å². The van der Waals surface area contributed by atoms with Crippen molar-refractivity contribution in [2.75, 3.05) is 19.8 Å². The minimum Gasteiger partial charge on any atom is -0.435 e. The van der Waals surface area contributed by atoms with Gasteiger partial charge in [-0.25, -0.2) is 9.59 Å². The van der Waals surface area contributed by atoms with Gasteiger partial charge in [-0.3, -0.25) is 0 Å². The third-order valence-electron chi connectivity index (χ3n) is 3.69. The van der Waals surface area contributed by atoms with E-state index >= 15 is 0 Å². The second-order valence-electron chi connectivity index (χ2n) is 5.87. The molecule has 1 rings (SSSR count). The van der Waals surface area contributed by atoms with Gasteiger partial charge >= 0.3 is 12.3 Å². The van der Waals surface area contributed by atoms with E-state index in [2.05, 4.69) is 18.8 Å². The molecule has 0 aromatic rings. The van der Waals surface area contributed by atoms with Gasteiger partial charge in [-0.05, 0) is 32.4 Å². The number of carbonyl (C=O) groups is 2. The predicted molar refractivity (Wildman–Crippen MR) is 99.2 cm³/mol. The number of unbranched alkanes of at least 4 members (excludes halogenated alkanes) is 4. The molecule has 0 unspecified atom stereocenters. The Bertz CT molecular complexity index is 532. The summed E-state index contributed by atoms with van der Waals surface area (Å²) in [6.45, 7) is 5.81. The van der Waals surface area contributed by atoms with Gasteiger partial charge in [0.2, 0.25) is 0 Å². The average Bonchev–Trinajstić information content (AvgIpc) is 2.64. The van der Waals surface area contributed by atoms with E-state index < -0.39 is 30.6 Å². The Kier molecular flexibility index (Phi) is 11.8. The number of hydrogen-bond donors (Lipinski definition) is 0. The van der Waals surface area contributed by atoms with Crippen molar-refractivity contribution in [3.63, 3.8) is 0 Å². The maximum Gasteiger partial charge on any atom is 0.508 e. The van der Waals surface area contributed by atoms with Crippen molar-refractivity contribution < 1.29 is 33.3 Å². The molecule has 0 aliphatic carbocycles. The fraction of sp³-hybridized carbons (Fsp3) is 0.700. The maximum absolute atomic E-state index is 11.6. The highest BCUT2D eigenvalue weighted by Crippen LogP contribution is 2.17. The first kappa shape index (κ1) is 22.8. The second-order valence-corrected chi connectivity index (χ2v) is 5.87. The minimum absolute atomic E-state index is 0.123. The first-order chi connectivity index (χ1) is 13.1. The number of rotatable bonds is 9. The van der Waals surface area contributed by atoms with Gasteiger partial charge in [0.15, 0.2) is 6.10 Å². The lowest BCUT2D eigenvalue weighted by atomic mass is 10.1. The minimum atomic E-state index is -0.808. The van der Waals surface area contributed by atoms with Crippen LogP contribution in [0, 0.1) is 11.8 Å². The fourth-order valence-electron chi connectivity index (χ4n) is 2.36. The van der Waals surface area contributed by atoms with Crippen LogP contribution in [0.2, 0.25) is 0 Å². The van der Waals surface area contributed by atoms with Crippen molar-refractivity contribution in [1.82, 2.24) is 0 Å². The summed E-state index contributed by atoms with van der Waals surface area (Å²) in [7, 11) is 0. The SMILES string of the molecule is CCCCCCC#C[C@@H]1C=C[C@H](OC(=O)OCC)[C@@H](COC(=O)OCC)O1. The zero-order chi connectivity index (χ0) is 19.9. The third kappa shape index (κ3) is 9.90. The summed E-state index contributed by atoms with van der Waals surface area (Å²) < 4.78 is 25.5. The van der Waals surface area contributed by atoms with Crippen LogP contribution in [0.1, 0.15) is 52.9 Å². The monoisotopic (exact) mass is 382 g/mol. The first-order valence-corrected chi connectivity index (χ1v) is 9.55. The predicted octanol–water partition coefficient (Wildman–Crippen LogP) is 4.00. The first-order valence-electron chi connectivity index (χ1n) is 9.55. The normalized spacial score (nSPS) is 20.9. The largest absolute Gasteiger partial charge is 0.508 e. The van der Waals surface area contributed by atoms with Crippen molar-refractivity contribution in [2.45, 2.75) is 71.2 Å². The zero-order valence-electron chi connectivity index (χ0n) is 16.4. The standard InChI is InChI=1S/C20H30O7/c1-4-7-8-9-10-11-12-16-13-14-17(27-20(22)24-6-3)18(26-16)15-25-19(21)23-5-2/h13-14,16-18H,4-10,15H2,1-3H3/t16-,17+,18-/m1/s1. The number of hydrogen-bond acceptors (Lipinski definition) is 7. The van der Waals surface area contributed by atoms with Crippen LogP contribution in [-0.4, -0.2) is 50.4 Å². The van der Waals surface area contributed by atoms with Gasteiger partial charge in [0.1, 0.15) is 18.8 Å². The van der Waals surface area contributed by atoms with Gasteiger partial charge in [-0.15, -0.1) is 5.92 Å². The third-order valence-corrected chi connectivity index (χ3v) is 3.69. The summed E-state index contributed by atoms with van der Waals surface area (Å²) in [5.74, 6) is 6.14. The zero-order valence-corrected chi connectivity index (χ0v) is 16.4. The highest BCUT2D eigenvalue weighted by Gasteiger charge is 2.31. The molecule has 7 nitrogen and oxygen atoms in total. The molecule has 0 saturated carbocycles. The second kappa shape index (κ2) is 13.9. The van der Waals surface area contributed by atoms with Crippen molar-refractivity contribution in [2.24, 2.45) is 0 Å². The number of carbonyl (C=O) groups excluding carboxylic acids is 2. The quantitative estimate of drug-likeness (QED) is 0.258. The molecule has 27 heavy (non-hydrogen) atoms. The lowest BCUT2D eigenvalue weighted by Gasteiger charge is -2.29. The van der Waals surface area contributed by atoms with Crippen molar-refractivity contribution in [1.29, 1.82) is 0 Å². The Hall–Kier alpha value is -2.20. The molecule has 3 atom stereocenters. The Morgan fingerprint density at radius 1 is 0.963 bits per heavy atom. The van der Waals surface area contributed by atoms with Crippen molar-refractivity contribution >= 4 is 12.3 Å². The topological polar surface area (TPSA) is 80.3 Å². The van der Waals surface area contributed by atoms with Crippen LogP contribution in [0.3, 0.4) is 0 Å². The molecule has 0 amide bonds. The molecule has 0 aromatic carbocycles.